The molecule has 4 heteroatoms. The number of pyridine rings is 1. The number of carbonyl (C=O) groups excluding carboxylic acids is 1. The van der Waals surface area contributed by atoms with E-state index in [0.29, 0.717) is 11.5 Å². The quantitative estimate of drug-likeness (QED) is 0.905. The van der Waals surface area contributed by atoms with Crippen molar-refractivity contribution in [3.05, 3.63) is 59.9 Å². The smallest absolute Gasteiger partial charge is 0.255 e. The minimum Gasteiger partial charge on any atom is -0.325 e. The Morgan fingerprint density at radius 3 is 2.52 bits per heavy atom. The van der Waals surface area contributed by atoms with Crippen molar-refractivity contribution in [3.8, 4) is 0 Å². The summed E-state index contributed by atoms with van der Waals surface area (Å²) in [4.78, 5) is 15.9. The molecule has 3 rings (SSSR count). The van der Waals surface area contributed by atoms with Crippen molar-refractivity contribution in [2.24, 2.45) is 5.73 Å². The summed E-state index contributed by atoms with van der Waals surface area (Å²) in [5.41, 5.74) is 8.86. The Hall–Kier alpha value is -2.20. The first kappa shape index (κ1) is 13.8. The van der Waals surface area contributed by atoms with Crippen LogP contribution in [-0.4, -0.2) is 16.4 Å². The standard InChI is InChI=1S/C17H19N3O/c1-2-17(18)11-15(17)12-3-5-14(6-4-12)20-16(21)13-7-9-19-10-8-13/h3-10,15H,2,11,18H2,1H3,(H,20,21)/t15-,17-/m0/s1. The van der Waals surface area contributed by atoms with E-state index in [1.165, 1.54) is 5.56 Å². The molecule has 3 N–H and O–H groups in total. The third-order valence-corrected chi connectivity index (χ3v) is 4.29. The number of nitrogens with two attached hydrogens (primary N) is 1. The fourth-order valence-electron chi connectivity index (χ4n) is 2.67. The van der Waals surface area contributed by atoms with Gasteiger partial charge in [0.25, 0.3) is 5.91 Å². The molecule has 1 aliphatic rings. The van der Waals surface area contributed by atoms with E-state index in [9.17, 15) is 4.79 Å². The van der Waals surface area contributed by atoms with Gasteiger partial charge in [0.1, 0.15) is 0 Å². The molecule has 21 heavy (non-hydrogen) atoms. The van der Waals surface area contributed by atoms with Crippen molar-refractivity contribution in [3.63, 3.8) is 0 Å². The van der Waals surface area contributed by atoms with Crippen LogP contribution in [0.25, 0.3) is 0 Å². The molecule has 1 amide bonds. The number of anilines is 1. The molecule has 4 nitrogen and oxygen atoms in total. The van der Waals surface area contributed by atoms with E-state index in [1.54, 1.807) is 24.5 Å². The van der Waals surface area contributed by atoms with Gasteiger partial charge in [0.05, 0.1) is 0 Å². The third kappa shape index (κ3) is 2.81. The van der Waals surface area contributed by atoms with E-state index >= 15 is 0 Å². The predicted molar refractivity (Wildman–Crippen MR) is 83.2 cm³/mol. The molecule has 0 saturated heterocycles. The zero-order chi connectivity index (χ0) is 14.9. The van der Waals surface area contributed by atoms with E-state index in [4.69, 9.17) is 5.73 Å². The fourth-order valence-corrected chi connectivity index (χ4v) is 2.67. The molecule has 2 aromatic rings. The molecule has 0 bridgehead atoms. The SMILES string of the molecule is CC[C@]1(N)C[C@H]1c1ccc(NC(=O)c2ccncc2)cc1. The molecule has 1 saturated carbocycles. The molecule has 0 spiro atoms. The number of benzene rings is 1. The number of amides is 1. The second kappa shape index (κ2) is 5.30. The van der Waals surface area contributed by atoms with Crippen LogP contribution in [0.4, 0.5) is 5.69 Å². The van der Waals surface area contributed by atoms with Gasteiger partial charge in [-0.15, -0.1) is 0 Å². The van der Waals surface area contributed by atoms with Crippen molar-refractivity contribution in [1.82, 2.24) is 4.98 Å². The maximum absolute atomic E-state index is 12.0. The zero-order valence-corrected chi connectivity index (χ0v) is 12.0. The number of aromatic nitrogens is 1. The second-order valence-corrected chi connectivity index (χ2v) is 5.66. The monoisotopic (exact) mass is 281 g/mol. The molecule has 0 radical (unpaired) electrons. The lowest BCUT2D eigenvalue weighted by atomic mass is 10.0. The number of nitrogens with one attached hydrogen (secondary N) is 1. The summed E-state index contributed by atoms with van der Waals surface area (Å²) in [5.74, 6) is 0.325. The molecule has 1 aromatic carbocycles. The normalized spacial score (nSPS) is 23.6. The van der Waals surface area contributed by atoms with Crippen LogP contribution in [-0.2, 0) is 0 Å². The lowest BCUT2D eigenvalue weighted by Gasteiger charge is -2.09. The number of hydrogen-bond donors (Lipinski definition) is 2. The topological polar surface area (TPSA) is 68.0 Å². The number of hydrogen-bond acceptors (Lipinski definition) is 3. The molecular weight excluding hydrogens is 262 g/mol. The summed E-state index contributed by atoms with van der Waals surface area (Å²) in [5, 5.41) is 2.88. The second-order valence-electron chi connectivity index (χ2n) is 5.66. The van der Waals surface area contributed by atoms with Crippen LogP contribution in [0.3, 0.4) is 0 Å². The fraction of sp³-hybridized carbons (Fsp3) is 0.294. The van der Waals surface area contributed by atoms with E-state index in [1.807, 2.05) is 12.1 Å². The van der Waals surface area contributed by atoms with Gasteiger partial charge in [0, 0.05) is 35.1 Å². The van der Waals surface area contributed by atoms with Crippen molar-refractivity contribution < 1.29 is 4.79 Å². The molecule has 108 valence electrons. The maximum Gasteiger partial charge on any atom is 0.255 e. The van der Waals surface area contributed by atoms with Gasteiger partial charge in [0.15, 0.2) is 0 Å². The molecule has 2 atom stereocenters. The molecule has 1 fully saturated rings. The molecule has 0 aliphatic heterocycles. The first-order chi connectivity index (χ1) is 10.1. The van der Waals surface area contributed by atoms with Gasteiger partial charge in [0.2, 0.25) is 0 Å². The van der Waals surface area contributed by atoms with E-state index in [-0.39, 0.29) is 11.4 Å². The van der Waals surface area contributed by atoms with Crippen LogP contribution < -0.4 is 11.1 Å². The van der Waals surface area contributed by atoms with E-state index in [2.05, 4.69) is 29.4 Å². The van der Waals surface area contributed by atoms with Gasteiger partial charge in [-0.25, -0.2) is 0 Å². The lowest BCUT2D eigenvalue weighted by Crippen LogP contribution is -2.22. The van der Waals surface area contributed by atoms with Gasteiger partial charge < -0.3 is 11.1 Å². The van der Waals surface area contributed by atoms with Crippen LogP contribution in [0.1, 0.15) is 41.6 Å². The average Bonchev–Trinajstić information content (AvgIpc) is 3.21. The van der Waals surface area contributed by atoms with Crippen LogP contribution in [0, 0.1) is 0 Å². The number of rotatable bonds is 4. The Morgan fingerprint density at radius 1 is 1.29 bits per heavy atom. The van der Waals surface area contributed by atoms with E-state index < -0.39 is 0 Å². The highest BCUT2D eigenvalue weighted by Crippen LogP contribution is 2.51. The van der Waals surface area contributed by atoms with Crippen LogP contribution in [0.2, 0.25) is 0 Å². The van der Waals surface area contributed by atoms with Gasteiger partial charge in [-0.3, -0.25) is 9.78 Å². The Labute approximate surface area is 124 Å². The Kier molecular flexibility index (Phi) is 3.47. The molecular formula is C17H19N3O. The Morgan fingerprint density at radius 2 is 1.95 bits per heavy atom. The van der Waals surface area contributed by atoms with E-state index in [0.717, 1.165) is 18.5 Å². The van der Waals surface area contributed by atoms with Gasteiger partial charge in [-0.05, 0) is 42.7 Å². The summed E-state index contributed by atoms with van der Waals surface area (Å²) >= 11 is 0. The van der Waals surface area contributed by atoms with Gasteiger partial charge >= 0.3 is 0 Å². The first-order valence-corrected chi connectivity index (χ1v) is 7.22. The van der Waals surface area contributed by atoms with Crippen LogP contribution >= 0.6 is 0 Å². The predicted octanol–water partition coefficient (Wildman–Crippen LogP) is 2.93. The summed E-state index contributed by atoms with van der Waals surface area (Å²) in [6.07, 6.45) is 5.26. The van der Waals surface area contributed by atoms with Gasteiger partial charge in [-0.2, -0.15) is 0 Å². The highest BCUT2D eigenvalue weighted by atomic mass is 16.1. The minimum atomic E-state index is -0.127. The number of carbonyl (C=O) groups is 1. The highest BCUT2D eigenvalue weighted by Gasteiger charge is 2.49. The van der Waals surface area contributed by atoms with Crippen molar-refractivity contribution in [2.75, 3.05) is 5.32 Å². The van der Waals surface area contributed by atoms with Crippen LogP contribution in [0.5, 0.6) is 0 Å². The minimum absolute atomic E-state index is 0.0260. The number of nitrogens with zero attached hydrogens (tertiary/aromatic N) is 1. The summed E-state index contributed by atoms with van der Waals surface area (Å²) in [6, 6.07) is 11.4. The molecule has 1 heterocycles. The molecule has 1 aromatic heterocycles. The van der Waals surface area contributed by atoms with Crippen LogP contribution in [0.15, 0.2) is 48.8 Å². The van der Waals surface area contributed by atoms with Crippen molar-refractivity contribution >= 4 is 11.6 Å². The van der Waals surface area contributed by atoms with Gasteiger partial charge in [-0.1, -0.05) is 19.1 Å². The lowest BCUT2D eigenvalue weighted by molar-refractivity contribution is 0.102. The van der Waals surface area contributed by atoms with Crippen molar-refractivity contribution in [1.29, 1.82) is 0 Å². The maximum atomic E-state index is 12.0. The first-order valence-electron chi connectivity index (χ1n) is 7.22. The third-order valence-electron chi connectivity index (χ3n) is 4.29. The highest BCUT2D eigenvalue weighted by molar-refractivity contribution is 6.04. The largest absolute Gasteiger partial charge is 0.325 e. The molecule has 1 aliphatic carbocycles. The Balaban J connectivity index is 1.67. The summed E-state index contributed by atoms with van der Waals surface area (Å²) < 4.78 is 0. The molecule has 0 unspecified atom stereocenters. The Bertz CT molecular complexity index is 639. The van der Waals surface area contributed by atoms with Crippen molar-refractivity contribution in [2.45, 2.75) is 31.2 Å². The zero-order valence-electron chi connectivity index (χ0n) is 12.0. The summed E-state index contributed by atoms with van der Waals surface area (Å²) in [7, 11) is 0. The summed E-state index contributed by atoms with van der Waals surface area (Å²) in [6.45, 7) is 2.13. The average molecular weight is 281 g/mol.